The molecular formula is C4H13N5S. The lowest BCUT2D eigenvalue weighted by atomic mass is 10.1. The molecule has 0 saturated heterocycles. The molecule has 5 nitrogen and oxygen atoms in total. The Labute approximate surface area is 62.0 Å². The number of hydrogen-bond donors (Lipinski definition) is 5. The van der Waals surface area contributed by atoms with Gasteiger partial charge in [-0.15, -0.1) is 0 Å². The number of nitrogens with two attached hydrogens (primary N) is 5. The van der Waals surface area contributed by atoms with Gasteiger partial charge in [0.1, 0.15) is 0 Å². The van der Waals surface area contributed by atoms with Crippen LogP contribution >= 0.6 is 10.7 Å². The minimum Gasteiger partial charge on any atom is -0.324 e. The van der Waals surface area contributed by atoms with Crippen molar-refractivity contribution in [2.45, 2.75) is 17.5 Å². The van der Waals surface area contributed by atoms with E-state index in [2.05, 4.69) is 0 Å². The summed E-state index contributed by atoms with van der Waals surface area (Å²) in [6.45, 7) is 0. The maximum atomic E-state index is 5.58. The lowest BCUT2D eigenvalue weighted by Gasteiger charge is -2.14. The molecule has 1 aliphatic rings. The van der Waals surface area contributed by atoms with Gasteiger partial charge in [0.05, 0.1) is 17.5 Å². The van der Waals surface area contributed by atoms with E-state index in [0.29, 0.717) is 4.99 Å². The molecule has 0 aromatic heterocycles. The smallest absolute Gasteiger partial charge is 0.0772 e. The Morgan fingerprint density at radius 3 is 1.80 bits per heavy atom. The quantitative estimate of drug-likeness (QED) is 0.246. The molecule has 0 aliphatic carbocycles. The summed E-state index contributed by atoms with van der Waals surface area (Å²) in [6, 6.07) is -0.614. The monoisotopic (exact) mass is 163 g/mol. The highest BCUT2D eigenvalue weighted by Crippen LogP contribution is 2.20. The standard InChI is InChI=1S/C4H13N5S/c5-1-2(6)4(8)10(9)3(1)7/h1-3H,5-9H2. The molecule has 60 valence electrons. The van der Waals surface area contributed by atoms with Gasteiger partial charge in [-0.3, -0.25) is 10.9 Å². The van der Waals surface area contributed by atoms with Crippen LogP contribution in [0.4, 0.5) is 0 Å². The molecule has 0 spiro atoms. The van der Waals surface area contributed by atoms with Gasteiger partial charge in [-0.25, -0.2) is 0 Å². The molecule has 0 saturated carbocycles. The summed E-state index contributed by atoms with van der Waals surface area (Å²) < 4.78 is 0. The minimum atomic E-state index is -0.600. The molecule has 1 aliphatic heterocycles. The van der Waals surface area contributed by atoms with Crippen LogP contribution in [-0.4, -0.2) is 22.4 Å². The molecule has 10 N–H and O–H groups in total. The van der Waals surface area contributed by atoms with Gasteiger partial charge in [0.15, 0.2) is 0 Å². The second-order valence-corrected chi connectivity index (χ2v) is 4.10. The van der Waals surface area contributed by atoms with E-state index in [-0.39, 0.29) is 17.5 Å². The van der Waals surface area contributed by atoms with Crippen LogP contribution in [0, 0.1) is 0 Å². The maximum absolute atomic E-state index is 5.58. The average Bonchev–Trinajstić information content (AvgIpc) is 2.07. The van der Waals surface area contributed by atoms with Crippen molar-refractivity contribution in [3.8, 4) is 0 Å². The molecule has 4 unspecified atom stereocenters. The number of hydrogen-bond acceptors (Lipinski definition) is 5. The van der Waals surface area contributed by atoms with Crippen molar-refractivity contribution in [1.29, 1.82) is 0 Å². The van der Waals surface area contributed by atoms with Gasteiger partial charge >= 0.3 is 0 Å². The summed E-state index contributed by atoms with van der Waals surface area (Å²) in [5.41, 5.74) is 22.2. The second kappa shape index (κ2) is 2.57. The summed E-state index contributed by atoms with van der Waals surface area (Å²) >= 11 is 0. The lowest BCUT2D eigenvalue weighted by molar-refractivity contribution is 0.614. The van der Waals surface area contributed by atoms with Gasteiger partial charge in [-0.05, 0) is 0 Å². The van der Waals surface area contributed by atoms with Crippen LogP contribution in [0.2, 0.25) is 0 Å². The summed E-state index contributed by atoms with van der Waals surface area (Å²) in [6.07, 6.45) is 0. The Kier molecular flexibility index (Phi) is 2.09. The third kappa shape index (κ3) is 0.986. The van der Waals surface area contributed by atoms with E-state index in [1.165, 1.54) is 0 Å². The van der Waals surface area contributed by atoms with Crippen molar-refractivity contribution in [3.05, 3.63) is 0 Å². The first kappa shape index (κ1) is 8.12. The Balaban J connectivity index is 2.88. The summed E-state index contributed by atoms with van der Waals surface area (Å²) in [7, 11) is -0.600. The van der Waals surface area contributed by atoms with E-state index in [1.54, 1.807) is 0 Å². The lowest BCUT2D eigenvalue weighted by Crippen LogP contribution is -2.51. The third-order valence-corrected chi connectivity index (χ3v) is 3.41. The molecule has 6 heteroatoms. The highest BCUT2D eigenvalue weighted by Gasteiger charge is 2.32. The van der Waals surface area contributed by atoms with Gasteiger partial charge in [-0.2, -0.15) is 0 Å². The van der Waals surface area contributed by atoms with Gasteiger partial charge in [0, 0.05) is 4.99 Å². The van der Waals surface area contributed by atoms with E-state index < -0.39 is 10.7 Å². The molecule has 0 amide bonds. The molecule has 10 heavy (non-hydrogen) atoms. The van der Waals surface area contributed by atoms with Crippen LogP contribution in [0.25, 0.3) is 0 Å². The summed E-state index contributed by atoms with van der Waals surface area (Å²) in [5, 5.41) is 5.31. The SMILES string of the molecule is NC1=S(N)C(N)C(N)C1N. The van der Waals surface area contributed by atoms with E-state index >= 15 is 0 Å². The largest absolute Gasteiger partial charge is 0.324 e. The highest BCUT2D eigenvalue weighted by molar-refractivity contribution is 8.14. The molecule has 0 aromatic rings. The zero-order chi connectivity index (χ0) is 7.89. The molecule has 0 bridgehead atoms. The molecule has 4 atom stereocenters. The zero-order valence-electron chi connectivity index (χ0n) is 5.53. The highest BCUT2D eigenvalue weighted by atomic mass is 32.2. The van der Waals surface area contributed by atoms with Crippen LogP contribution in [0.3, 0.4) is 0 Å². The molecule has 1 rings (SSSR count). The van der Waals surface area contributed by atoms with Crippen molar-refractivity contribution in [3.63, 3.8) is 0 Å². The number of rotatable bonds is 0. The Bertz CT molecular complexity index is 160. The molecule has 0 radical (unpaired) electrons. The van der Waals surface area contributed by atoms with Crippen LogP contribution in [0.5, 0.6) is 0 Å². The predicted molar refractivity (Wildman–Crippen MR) is 44.9 cm³/mol. The predicted octanol–water partition coefficient (Wildman–Crippen LogP) is -2.83. The van der Waals surface area contributed by atoms with Crippen molar-refractivity contribution in [2.24, 2.45) is 28.1 Å². The first-order valence-electron chi connectivity index (χ1n) is 2.92. The van der Waals surface area contributed by atoms with Crippen molar-refractivity contribution < 1.29 is 0 Å². The molecule has 0 aromatic carbocycles. The summed E-state index contributed by atoms with van der Waals surface area (Å²) in [4.78, 5) is 0.542. The fourth-order valence-corrected chi connectivity index (χ4v) is 2.17. The Morgan fingerprint density at radius 1 is 1.20 bits per heavy atom. The van der Waals surface area contributed by atoms with E-state index in [9.17, 15) is 0 Å². The fourth-order valence-electron chi connectivity index (χ4n) is 0.878. The second-order valence-electron chi connectivity index (χ2n) is 2.34. The van der Waals surface area contributed by atoms with E-state index in [1.807, 2.05) is 0 Å². The zero-order valence-corrected chi connectivity index (χ0v) is 6.34. The molecule has 1 heterocycles. The van der Waals surface area contributed by atoms with Gasteiger partial charge < -0.3 is 17.2 Å². The first-order valence-corrected chi connectivity index (χ1v) is 4.27. The normalized spacial score (nSPS) is 48.3. The summed E-state index contributed by atoms with van der Waals surface area (Å²) in [5.74, 6) is 0. The minimum absolute atomic E-state index is 0.269. The van der Waals surface area contributed by atoms with Gasteiger partial charge in [0.25, 0.3) is 0 Å². The third-order valence-electron chi connectivity index (χ3n) is 1.69. The fraction of sp³-hybridized carbons (Fsp3) is 0.750. The van der Waals surface area contributed by atoms with Gasteiger partial charge in [-0.1, -0.05) is 10.7 Å². The topological polar surface area (TPSA) is 130 Å². The van der Waals surface area contributed by atoms with E-state index in [4.69, 9.17) is 28.1 Å². The Morgan fingerprint density at radius 2 is 1.70 bits per heavy atom. The van der Waals surface area contributed by atoms with Gasteiger partial charge in [0.2, 0.25) is 0 Å². The van der Waals surface area contributed by atoms with E-state index in [0.717, 1.165) is 0 Å². The Hall–Kier alpha value is 0.0200. The maximum Gasteiger partial charge on any atom is 0.0772 e. The van der Waals surface area contributed by atoms with Crippen molar-refractivity contribution in [2.75, 3.05) is 0 Å². The molecule has 0 fully saturated rings. The van der Waals surface area contributed by atoms with Crippen LogP contribution in [0.15, 0.2) is 0 Å². The van der Waals surface area contributed by atoms with Crippen molar-refractivity contribution >= 4 is 15.7 Å². The first-order chi connectivity index (χ1) is 4.55. The van der Waals surface area contributed by atoms with Crippen LogP contribution in [0.1, 0.15) is 0 Å². The molecular weight excluding hydrogens is 150 g/mol. The van der Waals surface area contributed by atoms with Crippen LogP contribution < -0.4 is 28.1 Å². The van der Waals surface area contributed by atoms with Crippen molar-refractivity contribution in [1.82, 2.24) is 0 Å². The van der Waals surface area contributed by atoms with Crippen LogP contribution in [-0.2, 0) is 0 Å². The average molecular weight is 163 g/mol.